The maximum Gasteiger partial charge on any atom is 0.307 e. The number of H-pyrrole nitrogens is 1. The van der Waals surface area contributed by atoms with Crippen molar-refractivity contribution in [2.24, 2.45) is 7.05 Å². The van der Waals surface area contributed by atoms with E-state index in [0.29, 0.717) is 86.9 Å². The molecule has 13 nitrogen and oxygen atoms in total. The molecule has 1 saturated heterocycles. The van der Waals surface area contributed by atoms with E-state index in [2.05, 4.69) is 15.0 Å². The summed E-state index contributed by atoms with van der Waals surface area (Å²) in [5, 5.41) is 4.48. The van der Waals surface area contributed by atoms with Gasteiger partial charge < -0.3 is 24.3 Å². The Balaban J connectivity index is 1.54. The minimum Gasteiger partial charge on any atom is -0.493 e. The van der Waals surface area contributed by atoms with Crippen molar-refractivity contribution >= 4 is 27.0 Å². The lowest BCUT2D eigenvalue weighted by atomic mass is 10.1. The quantitative estimate of drug-likeness (QED) is 0.266. The van der Waals surface area contributed by atoms with Crippen LogP contribution in [0.4, 0.5) is 0 Å². The number of aryl methyl sites for hydroxylation is 2. The first-order chi connectivity index (χ1) is 20.5. The number of benzene rings is 1. The van der Waals surface area contributed by atoms with Gasteiger partial charge in [-0.1, -0.05) is 20.3 Å². The molecule has 1 N–H and O–H groups in total. The predicted molar refractivity (Wildman–Crippen MR) is 164 cm³/mol. The van der Waals surface area contributed by atoms with Crippen LogP contribution in [0.5, 0.6) is 5.75 Å². The van der Waals surface area contributed by atoms with Crippen molar-refractivity contribution < 1.29 is 22.7 Å². The Bertz CT molecular complexity index is 1580. The Morgan fingerprint density at radius 2 is 1.84 bits per heavy atom. The van der Waals surface area contributed by atoms with E-state index in [1.165, 1.54) is 21.1 Å². The minimum absolute atomic E-state index is 0.0898. The normalized spacial score (nSPS) is 14.9. The van der Waals surface area contributed by atoms with Crippen LogP contribution in [0.25, 0.3) is 22.4 Å². The molecule has 0 atom stereocenters. The first-order valence-electron chi connectivity index (χ1n) is 14.8. The average molecular weight is 618 g/mol. The number of fused-ring (bicyclic) bond motifs is 1. The number of rotatable bonds is 14. The number of piperazine rings is 1. The summed E-state index contributed by atoms with van der Waals surface area (Å²) in [6, 6.07) is 4.68. The highest BCUT2D eigenvalue weighted by atomic mass is 32.2. The average Bonchev–Trinajstić information content (AvgIpc) is 3.30. The fourth-order valence-corrected chi connectivity index (χ4v) is 6.43. The summed E-state index contributed by atoms with van der Waals surface area (Å²) in [7, 11) is 1.69. The van der Waals surface area contributed by atoms with Crippen molar-refractivity contribution in [3.8, 4) is 17.1 Å². The predicted octanol–water partition coefficient (Wildman–Crippen LogP) is 1.87. The van der Waals surface area contributed by atoms with Gasteiger partial charge in [-0.15, -0.1) is 0 Å². The maximum absolute atomic E-state index is 13.7. The topological polar surface area (TPSA) is 143 Å². The molecule has 1 aliphatic rings. The van der Waals surface area contributed by atoms with Crippen LogP contribution in [0.15, 0.2) is 27.9 Å². The van der Waals surface area contributed by atoms with Crippen molar-refractivity contribution in [3.05, 3.63) is 34.2 Å². The molecule has 0 bridgehead atoms. The molecule has 0 radical (unpaired) electrons. The van der Waals surface area contributed by atoms with Crippen molar-refractivity contribution in [1.29, 1.82) is 0 Å². The third-order valence-electron chi connectivity index (χ3n) is 7.32. The summed E-state index contributed by atoms with van der Waals surface area (Å²) in [6.07, 6.45) is 2.51. The maximum atomic E-state index is 13.7. The molecule has 1 fully saturated rings. The van der Waals surface area contributed by atoms with Crippen LogP contribution in [0.3, 0.4) is 0 Å². The zero-order chi connectivity index (χ0) is 31.1. The standard InChI is InChI=1S/C29H43N7O6S/c1-6-8-23-26-27(34(5)32-23)29(38)31-28(30-26)22-20-21(9-10-24(22)41-18-7-2)43(39,40)36-15-13-35(14-16-36)12-11-25(37)42-19-17-33(3)4/h9-10,20H,6-8,11-19H2,1-5H3,(H,30,31,38). The SMILES string of the molecule is CCCOc1ccc(S(=O)(=O)N2CCN(CCC(=O)OCCN(C)C)CC2)cc1-c1nc2c(CCC)nn(C)c2c(=O)[nH]1. The summed E-state index contributed by atoms with van der Waals surface area (Å²) < 4.78 is 41.7. The zero-order valence-corrected chi connectivity index (χ0v) is 26.6. The largest absolute Gasteiger partial charge is 0.493 e. The monoisotopic (exact) mass is 617 g/mol. The van der Waals surface area contributed by atoms with E-state index < -0.39 is 10.0 Å². The van der Waals surface area contributed by atoms with Gasteiger partial charge in [-0.05, 0) is 45.1 Å². The van der Waals surface area contributed by atoms with Gasteiger partial charge in [0, 0.05) is 46.3 Å². The highest BCUT2D eigenvalue weighted by Gasteiger charge is 2.30. The van der Waals surface area contributed by atoms with Crippen molar-refractivity contribution in [2.45, 2.75) is 44.4 Å². The van der Waals surface area contributed by atoms with Crippen molar-refractivity contribution in [1.82, 2.24) is 33.9 Å². The number of ether oxygens (including phenoxy) is 2. The van der Waals surface area contributed by atoms with E-state index in [9.17, 15) is 18.0 Å². The second-order valence-corrected chi connectivity index (χ2v) is 12.9. The molecular formula is C29H43N7O6S. The molecule has 43 heavy (non-hydrogen) atoms. The first-order valence-corrected chi connectivity index (χ1v) is 16.2. The van der Waals surface area contributed by atoms with Gasteiger partial charge in [-0.25, -0.2) is 13.4 Å². The van der Waals surface area contributed by atoms with Gasteiger partial charge in [0.2, 0.25) is 10.0 Å². The molecule has 2 aromatic heterocycles. The Kier molecular flexibility index (Phi) is 10.9. The number of aromatic amines is 1. The van der Waals surface area contributed by atoms with E-state index in [4.69, 9.17) is 14.5 Å². The number of aromatic nitrogens is 4. The lowest BCUT2D eigenvalue weighted by Crippen LogP contribution is -2.49. The lowest BCUT2D eigenvalue weighted by Gasteiger charge is -2.33. The summed E-state index contributed by atoms with van der Waals surface area (Å²) >= 11 is 0. The molecule has 0 amide bonds. The van der Waals surface area contributed by atoms with Gasteiger partial charge in [0.1, 0.15) is 23.7 Å². The van der Waals surface area contributed by atoms with Crippen LogP contribution in [0, 0.1) is 0 Å². The molecule has 0 saturated carbocycles. The van der Waals surface area contributed by atoms with E-state index in [-0.39, 0.29) is 28.7 Å². The third-order valence-corrected chi connectivity index (χ3v) is 9.21. The number of nitrogens with one attached hydrogen (secondary N) is 1. The molecule has 4 rings (SSSR count). The van der Waals surface area contributed by atoms with E-state index in [0.717, 1.165) is 12.8 Å². The van der Waals surface area contributed by atoms with Crippen LogP contribution in [-0.4, -0.2) is 115 Å². The summed E-state index contributed by atoms with van der Waals surface area (Å²) in [5.74, 6) is 0.410. The number of hydrogen-bond acceptors (Lipinski definition) is 10. The molecule has 1 aromatic carbocycles. The highest BCUT2D eigenvalue weighted by Crippen LogP contribution is 2.32. The molecule has 236 valence electrons. The first kappa shape index (κ1) is 32.6. The Labute approximate surface area is 252 Å². The molecular weight excluding hydrogens is 574 g/mol. The number of carbonyl (C=O) groups is 1. The van der Waals surface area contributed by atoms with Crippen molar-refractivity contribution in [2.75, 3.05) is 66.6 Å². The molecule has 14 heteroatoms. The number of carbonyl (C=O) groups excluding carboxylic acids is 1. The van der Waals surface area contributed by atoms with E-state index >= 15 is 0 Å². The fraction of sp³-hybridized carbons (Fsp3) is 0.586. The summed E-state index contributed by atoms with van der Waals surface area (Å²) in [6.45, 7) is 7.54. The van der Waals surface area contributed by atoms with Gasteiger partial charge in [-0.2, -0.15) is 9.40 Å². The number of nitrogens with zero attached hydrogens (tertiary/aromatic N) is 6. The number of sulfonamides is 1. The van der Waals surface area contributed by atoms with Crippen LogP contribution in [-0.2, 0) is 33.0 Å². The van der Waals surface area contributed by atoms with Crippen LogP contribution in [0.2, 0.25) is 0 Å². The molecule has 3 aromatic rings. The summed E-state index contributed by atoms with van der Waals surface area (Å²) in [4.78, 5) is 36.8. The third kappa shape index (κ3) is 7.80. The van der Waals surface area contributed by atoms with Gasteiger partial charge in [-0.3, -0.25) is 14.3 Å². The zero-order valence-electron chi connectivity index (χ0n) is 25.8. The van der Waals surface area contributed by atoms with Gasteiger partial charge >= 0.3 is 5.97 Å². The smallest absolute Gasteiger partial charge is 0.307 e. The minimum atomic E-state index is -3.85. The Morgan fingerprint density at radius 1 is 1.09 bits per heavy atom. The number of esters is 1. The number of hydrogen-bond donors (Lipinski definition) is 1. The van der Waals surface area contributed by atoms with Crippen molar-refractivity contribution in [3.63, 3.8) is 0 Å². The second kappa shape index (κ2) is 14.4. The molecule has 1 aliphatic heterocycles. The molecule has 0 spiro atoms. The fourth-order valence-electron chi connectivity index (χ4n) is 4.98. The van der Waals surface area contributed by atoms with Crippen LogP contribution in [0.1, 0.15) is 38.8 Å². The van der Waals surface area contributed by atoms with Crippen LogP contribution < -0.4 is 10.3 Å². The molecule has 0 unspecified atom stereocenters. The van der Waals surface area contributed by atoms with Crippen LogP contribution >= 0.6 is 0 Å². The number of likely N-dealkylation sites (N-methyl/N-ethyl adjacent to an activating group) is 1. The van der Waals surface area contributed by atoms with Gasteiger partial charge in [0.25, 0.3) is 5.56 Å². The van der Waals surface area contributed by atoms with E-state index in [1.807, 2.05) is 32.8 Å². The lowest BCUT2D eigenvalue weighted by molar-refractivity contribution is -0.144. The Hall–Kier alpha value is -3.33. The van der Waals surface area contributed by atoms with Gasteiger partial charge in [0.05, 0.1) is 29.2 Å². The van der Waals surface area contributed by atoms with Gasteiger partial charge in [0.15, 0.2) is 5.52 Å². The molecule has 0 aliphatic carbocycles. The molecule has 3 heterocycles. The summed E-state index contributed by atoms with van der Waals surface area (Å²) in [5.41, 5.74) is 1.62. The second-order valence-electron chi connectivity index (χ2n) is 11.0. The Morgan fingerprint density at radius 3 is 2.51 bits per heavy atom. The van der Waals surface area contributed by atoms with E-state index in [1.54, 1.807) is 13.1 Å². The highest BCUT2D eigenvalue weighted by molar-refractivity contribution is 7.89.